The number of hydrogen-bond donors (Lipinski definition) is 1. The summed E-state index contributed by atoms with van der Waals surface area (Å²) in [6, 6.07) is 9.36. The van der Waals surface area contributed by atoms with E-state index in [0.29, 0.717) is 12.1 Å². The molecule has 0 spiro atoms. The van der Waals surface area contributed by atoms with Crippen molar-refractivity contribution in [2.75, 3.05) is 20.1 Å². The first kappa shape index (κ1) is 13.9. The van der Waals surface area contributed by atoms with Crippen LogP contribution in [0.5, 0.6) is 0 Å². The Labute approximate surface area is 115 Å². The molecule has 0 aliphatic carbocycles. The molecule has 2 unspecified atom stereocenters. The molecule has 0 aromatic heterocycles. The monoisotopic (exact) mass is 266 g/mol. The summed E-state index contributed by atoms with van der Waals surface area (Å²) in [5.41, 5.74) is 1.36. The molecule has 2 rings (SSSR count). The van der Waals surface area contributed by atoms with Gasteiger partial charge in [-0.15, -0.1) is 0 Å². The van der Waals surface area contributed by atoms with E-state index in [1.54, 1.807) is 0 Å². The first-order chi connectivity index (χ1) is 8.69. The van der Waals surface area contributed by atoms with Gasteiger partial charge in [-0.1, -0.05) is 37.1 Å². The average molecular weight is 267 g/mol. The third kappa shape index (κ3) is 3.71. The van der Waals surface area contributed by atoms with Crippen molar-refractivity contribution >= 4 is 11.6 Å². The first-order valence-corrected chi connectivity index (χ1v) is 7.27. The minimum atomic E-state index is 0.462. The van der Waals surface area contributed by atoms with Crippen LogP contribution in [0.1, 0.15) is 37.8 Å². The molecule has 1 heterocycles. The first-order valence-electron chi connectivity index (χ1n) is 6.89. The minimum Gasteiger partial charge on any atom is -0.306 e. The number of benzene rings is 1. The molecule has 0 bridgehead atoms. The maximum atomic E-state index is 5.96. The van der Waals surface area contributed by atoms with E-state index in [-0.39, 0.29) is 0 Å². The van der Waals surface area contributed by atoms with Gasteiger partial charge in [0.2, 0.25) is 0 Å². The van der Waals surface area contributed by atoms with Gasteiger partial charge in [-0.3, -0.25) is 0 Å². The zero-order chi connectivity index (χ0) is 13.0. The Bertz CT molecular complexity index is 363. The Kier molecular flexibility index (Phi) is 5.04. The van der Waals surface area contributed by atoms with E-state index in [4.69, 9.17) is 11.6 Å². The van der Waals surface area contributed by atoms with Gasteiger partial charge in [0.15, 0.2) is 0 Å². The Morgan fingerprint density at radius 3 is 2.67 bits per heavy atom. The highest BCUT2D eigenvalue weighted by molar-refractivity contribution is 6.30. The SMILES string of the molecule is CCCC(NC1CCN(C)C1)c1ccc(Cl)cc1. The van der Waals surface area contributed by atoms with Gasteiger partial charge >= 0.3 is 0 Å². The summed E-state index contributed by atoms with van der Waals surface area (Å²) in [5.74, 6) is 0. The molecule has 1 fully saturated rings. The molecule has 0 saturated carbocycles. The Hall–Kier alpha value is -0.570. The van der Waals surface area contributed by atoms with Crippen LogP contribution in [0.3, 0.4) is 0 Å². The maximum Gasteiger partial charge on any atom is 0.0406 e. The molecule has 1 aromatic rings. The number of nitrogens with zero attached hydrogens (tertiary/aromatic N) is 1. The van der Waals surface area contributed by atoms with Crippen molar-refractivity contribution in [2.45, 2.75) is 38.3 Å². The van der Waals surface area contributed by atoms with Gasteiger partial charge in [-0.25, -0.2) is 0 Å². The second kappa shape index (κ2) is 6.55. The van der Waals surface area contributed by atoms with Crippen molar-refractivity contribution in [2.24, 2.45) is 0 Å². The van der Waals surface area contributed by atoms with Crippen molar-refractivity contribution in [1.29, 1.82) is 0 Å². The number of rotatable bonds is 5. The quantitative estimate of drug-likeness (QED) is 0.878. The van der Waals surface area contributed by atoms with Crippen LogP contribution < -0.4 is 5.32 Å². The predicted octanol–water partition coefficient (Wildman–Crippen LogP) is 3.47. The summed E-state index contributed by atoms with van der Waals surface area (Å²) in [6.45, 7) is 4.61. The lowest BCUT2D eigenvalue weighted by Gasteiger charge is -2.23. The normalized spacial score (nSPS) is 22.3. The fourth-order valence-electron chi connectivity index (χ4n) is 2.69. The van der Waals surface area contributed by atoms with Gasteiger partial charge in [0, 0.05) is 23.7 Å². The largest absolute Gasteiger partial charge is 0.306 e. The number of hydrogen-bond acceptors (Lipinski definition) is 2. The molecule has 1 aliphatic rings. The molecule has 1 aliphatic heterocycles. The van der Waals surface area contributed by atoms with Gasteiger partial charge in [0.05, 0.1) is 0 Å². The van der Waals surface area contributed by atoms with Crippen LogP contribution in [0, 0.1) is 0 Å². The van der Waals surface area contributed by atoms with E-state index in [1.807, 2.05) is 12.1 Å². The summed E-state index contributed by atoms with van der Waals surface area (Å²) in [6.07, 6.45) is 3.63. The number of likely N-dealkylation sites (N-methyl/N-ethyl adjacent to an activating group) is 1. The smallest absolute Gasteiger partial charge is 0.0406 e. The molecule has 0 amide bonds. The van der Waals surface area contributed by atoms with Crippen molar-refractivity contribution < 1.29 is 0 Å². The third-order valence-electron chi connectivity index (χ3n) is 3.68. The second-order valence-electron chi connectivity index (χ2n) is 5.31. The van der Waals surface area contributed by atoms with Crippen molar-refractivity contribution in [3.63, 3.8) is 0 Å². The minimum absolute atomic E-state index is 0.462. The summed E-state index contributed by atoms with van der Waals surface area (Å²) < 4.78 is 0. The molecule has 2 atom stereocenters. The zero-order valence-electron chi connectivity index (χ0n) is 11.3. The van der Waals surface area contributed by atoms with Crippen LogP contribution in [0.2, 0.25) is 5.02 Å². The standard InChI is InChI=1S/C15H23ClN2/c1-3-4-15(12-5-7-13(16)8-6-12)17-14-9-10-18(2)11-14/h5-8,14-15,17H,3-4,9-11H2,1-2H3. The lowest BCUT2D eigenvalue weighted by molar-refractivity contribution is 0.374. The molecule has 3 heteroatoms. The highest BCUT2D eigenvalue weighted by atomic mass is 35.5. The van der Waals surface area contributed by atoms with Crippen LogP contribution in [0.4, 0.5) is 0 Å². The predicted molar refractivity (Wildman–Crippen MR) is 78.1 cm³/mol. The van der Waals surface area contributed by atoms with Gasteiger partial charge in [0.1, 0.15) is 0 Å². The topological polar surface area (TPSA) is 15.3 Å². The summed E-state index contributed by atoms with van der Waals surface area (Å²) >= 11 is 5.96. The Morgan fingerprint density at radius 2 is 2.11 bits per heavy atom. The van der Waals surface area contributed by atoms with Crippen molar-refractivity contribution in [3.8, 4) is 0 Å². The maximum absolute atomic E-state index is 5.96. The molecule has 2 nitrogen and oxygen atoms in total. The van der Waals surface area contributed by atoms with Crippen molar-refractivity contribution in [1.82, 2.24) is 10.2 Å². The highest BCUT2D eigenvalue weighted by Crippen LogP contribution is 2.22. The fourth-order valence-corrected chi connectivity index (χ4v) is 2.81. The summed E-state index contributed by atoms with van der Waals surface area (Å²) in [4.78, 5) is 2.39. The summed E-state index contributed by atoms with van der Waals surface area (Å²) in [5, 5.41) is 4.61. The highest BCUT2D eigenvalue weighted by Gasteiger charge is 2.22. The van der Waals surface area contributed by atoms with Crippen LogP contribution in [0.25, 0.3) is 0 Å². The molecular formula is C15H23ClN2. The van der Waals surface area contributed by atoms with Gasteiger partial charge in [0.25, 0.3) is 0 Å². The van der Waals surface area contributed by atoms with Crippen molar-refractivity contribution in [3.05, 3.63) is 34.9 Å². The van der Waals surface area contributed by atoms with E-state index >= 15 is 0 Å². The molecule has 18 heavy (non-hydrogen) atoms. The van der Waals surface area contributed by atoms with Crippen LogP contribution in [-0.4, -0.2) is 31.1 Å². The van der Waals surface area contributed by atoms with Gasteiger partial charge < -0.3 is 10.2 Å². The molecule has 1 saturated heterocycles. The average Bonchev–Trinajstić information content (AvgIpc) is 2.75. The number of likely N-dealkylation sites (tertiary alicyclic amines) is 1. The molecular weight excluding hydrogens is 244 g/mol. The number of nitrogens with one attached hydrogen (secondary N) is 1. The fraction of sp³-hybridized carbons (Fsp3) is 0.600. The van der Waals surface area contributed by atoms with E-state index in [2.05, 4.69) is 36.3 Å². The van der Waals surface area contributed by atoms with Gasteiger partial charge in [-0.05, 0) is 44.1 Å². The zero-order valence-corrected chi connectivity index (χ0v) is 12.1. The Morgan fingerprint density at radius 1 is 1.39 bits per heavy atom. The van der Waals surface area contributed by atoms with E-state index in [0.717, 1.165) is 11.6 Å². The number of halogens is 1. The summed E-state index contributed by atoms with van der Waals surface area (Å²) in [7, 11) is 2.19. The van der Waals surface area contributed by atoms with Crippen LogP contribution >= 0.6 is 11.6 Å². The van der Waals surface area contributed by atoms with Gasteiger partial charge in [-0.2, -0.15) is 0 Å². The van der Waals surface area contributed by atoms with E-state index in [9.17, 15) is 0 Å². The lowest BCUT2D eigenvalue weighted by Crippen LogP contribution is -2.34. The second-order valence-corrected chi connectivity index (χ2v) is 5.74. The lowest BCUT2D eigenvalue weighted by atomic mass is 10.0. The molecule has 1 N–H and O–H groups in total. The molecule has 1 aromatic carbocycles. The molecule has 100 valence electrons. The van der Waals surface area contributed by atoms with E-state index < -0.39 is 0 Å². The van der Waals surface area contributed by atoms with Crippen LogP contribution in [-0.2, 0) is 0 Å². The van der Waals surface area contributed by atoms with E-state index in [1.165, 1.54) is 31.4 Å². The Balaban J connectivity index is 2.01. The molecule has 0 radical (unpaired) electrons. The third-order valence-corrected chi connectivity index (χ3v) is 3.93. The van der Waals surface area contributed by atoms with Crippen LogP contribution in [0.15, 0.2) is 24.3 Å².